The zero-order chi connectivity index (χ0) is 13.9. The van der Waals surface area contributed by atoms with E-state index >= 15 is 0 Å². The van der Waals surface area contributed by atoms with Gasteiger partial charge in [-0.15, -0.1) is 0 Å². The van der Waals surface area contributed by atoms with Gasteiger partial charge < -0.3 is 4.90 Å². The zero-order valence-electron chi connectivity index (χ0n) is 11.5. The minimum atomic E-state index is -3.25. The lowest BCUT2D eigenvalue weighted by Crippen LogP contribution is -2.49. The fourth-order valence-corrected chi connectivity index (χ4v) is 4.12. The van der Waals surface area contributed by atoms with Crippen molar-refractivity contribution in [2.24, 2.45) is 5.92 Å². The molecule has 1 N–H and O–H groups in total. The highest BCUT2D eigenvalue weighted by Gasteiger charge is 2.27. The minimum Gasteiger partial charge on any atom is -0.306 e. The van der Waals surface area contributed by atoms with Crippen molar-refractivity contribution < 1.29 is 8.42 Å². The van der Waals surface area contributed by atoms with Crippen LogP contribution in [0.15, 0.2) is 30.3 Å². The van der Waals surface area contributed by atoms with Crippen molar-refractivity contribution in [3.05, 3.63) is 35.9 Å². The van der Waals surface area contributed by atoms with Gasteiger partial charge in [-0.3, -0.25) is 0 Å². The van der Waals surface area contributed by atoms with Gasteiger partial charge in [-0.1, -0.05) is 37.3 Å². The van der Waals surface area contributed by atoms with Crippen LogP contribution in [0, 0.1) is 5.92 Å². The van der Waals surface area contributed by atoms with Crippen molar-refractivity contribution in [2.45, 2.75) is 25.1 Å². The number of nitrogens with zero attached hydrogens (tertiary/aromatic N) is 1. The summed E-state index contributed by atoms with van der Waals surface area (Å²) in [6.45, 7) is 3.99. The normalized spacial score (nSPS) is 25.4. The van der Waals surface area contributed by atoms with E-state index in [1.54, 1.807) is 0 Å². The summed E-state index contributed by atoms with van der Waals surface area (Å²) in [5.41, 5.74) is 0.829. The van der Waals surface area contributed by atoms with E-state index < -0.39 is 10.0 Å². The van der Waals surface area contributed by atoms with Gasteiger partial charge in [0.15, 0.2) is 0 Å². The van der Waals surface area contributed by atoms with E-state index in [1.165, 1.54) is 0 Å². The molecule has 1 aromatic rings. The molecule has 0 radical (unpaired) electrons. The average molecular weight is 282 g/mol. The van der Waals surface area contributed by atoms with Crippen LogP contribution in [0.4, 0.5) is 0 Å². The van der Waals surface area contributed by atoms with E-state index in [4.69, 9.17) is 0 Å². The molecule has 0 bridgehead atoms. The quantitative estimate of drug-likeness (QED) is 0.909. The van der Waals surface area contributed by atoms with Crippen LogP contribution < -0.4 is 4.72 Å². The Morgan fingerprint density at radius 2 is 2.00 bits per heavy atom. The maximum absolute atomic E-state index is 12.2. The maximum Gasteiger partial charge on any atom is 0.216 e. The number of piperidine rings is 1. The van der Waals surface area contributed by atoms with Crippen LogP contribution in [0.3, 0.4) is 0 Å². The van der Waals surface area contributed by atoms with E-state index in [0.717, 1.165) is 25.1 Å². The number of hydrogen-bond acceptors (Lipinski definition) is 3. The first-order chi connectivity index (χ1) is 8.96. The van der Waals surface area contributed by atoms with Crippen LogP contribution in [0.25, 0.3) is 0 Å². The summed E-state index contributed by atoms with van der Waals surface area (Å²) in [4.78, 5) is 2.24. The molecule has 106 valence electrons. The minimum absolute atomic E-state index is 0.0601. The molecule has 0 amide bonds. The summed E-state index contributed by atoms with van der Waals surface area (Å²) in [6.07, 6.45) is 0.881. The van der Waals surface area contributed by atoms with Gasteiger partial charge >= 0.3 is 0 Å². The van der Waals surface area contributed by atoms with Crippen LogP contribution in [0.2, 0.25) is 0 Å². The Morgan fingerprint density at radius 3 is 2.63 bits per heavy atom. The summed E-state index contributed by atoms with van der Waals surface area (Å²) in [7, 11) is -1.18. The fraction of sp³-hybridized carbons (Fsp3) is 0.571. The average Bonchev–Trinajstić information content (AvgIpc) is 2.33. The van der Waals surface area contributed by atoms with Crippen molar-refractivity contribution in [3.8, 4) is 0 Å². The van der Waals surface area contributed by atoms with Gasteiger partial charge in [-0.2, -0.15) is 0 Å². The third kappa shape index (κ3) is 4.30. The van der Waals surface area contributed by atoms with Gasteiger partial charge in [-0.05, 0) is 31.5 Å². The first-order valence-electron chi connectivity index (χ1n) is 6.69. The van der Waals surface area contributed by atoms with Gasteiger partial charge in [-0.25, -0.2) is 13.1 Å². The molecule has 1 aromatic carbocycles. The van der Waals surface area contributed by atoms with Crippen molar-refractivity contribution in [1.29, 1.82) is 0 Å². The largest absolute Gasteiger partial charge is 0.306 e. The summed E-state index contributed by atoms with van der Waals surface area (Å²) in [5, 5.41) is 0. The first-order valence-corrected chi connectivity index (χ1v) is 8.34. The summed E-state index contributed by atoms with van der Waals surface area (Å²) in [5.74, 6) is 0.414. The molecule has 1 aliphatic heterocycles. The molecule has 4 nitrogen and oxygen atoms in total. The monoisotopic (exact) mass is 282 g/mol. The Kier molecular flexibility index (Phi) is 4.60. The van der Waals surface area contributed by atoms with E-state index in [-0.39, 0.29) is 11.8 Å². The SMILES string of the molecule is CC1CN(C)CCC1NS(=O)(=O)Cc1ccccc1. The number of likely N-dealkylation sites (tertiary alicyclic amines) is 1. The number of rotatable bonds is 4. The van der Waals surface area contributed by atoms with Gasteiger partial charge in [0.05, 0.1) is 5.75 Å². The highest BCUT2D eigenvalue weighted by molar-refractivity contribution is 7.88. The van der Waals surface area contributed by atoms with Crippen LogP contribution in [0.1, 0.15) is 18.9 Å². The Bertz CT molecular complexity index is 501. The molecular weight excluding hydrogens is 260 g/mol. The van der Waals surface area contributed by atoms with Crippen LogP contribution in [-0.2, 0) is 15.8 Å². The Labute approximate surface area is 115 Å². The van der Waals surface area contributed by atoms with Crippen LogP contribution in [0.5, 0.6) is 0 Å². The Balaban J connectivity index is 1.98. The second kappa shape index (κ2) is 6.03. The molecule has 0 saturated carbocycles. The van der Waals surface area contributed by atoms with E-state index in [1.807, 2.05) is 30.3 Å². The van der Waals surface area contributed by atoms with E-state index in [2.05, 4.69) is 23.6 Å². The topological polar surface area (TPSA) is 49.4 Å². The smallest absolute Gasteiger partial charge is 0.216 e. The molecular formula is C14H22N2O2S. The van der Waals surface area contributed by atoms with Crippen molar-refractivity contribution >= 4 is 10.0 Å². The third-order valence-corrected chi connectivity index (χ3v) is 5.01. The predicted molar refractivity (Wildman–Crippen MR) is 77.3 cm³/mol. The Hall–Kier alpha value is -0.910. The lowest BCUT2D eigenvalue weighted by molar-refractivity contribution is 0.188. The zero-order valence-corrected chi connectivity index (χ0v) is 12.4. The Morgan fingerprint density at radius 1 is 1.32 bits per heavy atom. The number of benzene rings is 1. The molecule has 2 unspecified atom stereocenters. The fourth-order valence-electron chi connectivity index (χ4n) is 2.60. The molecule has 1 heterocycles. The van der Waals surface area contributed by atoms with Crippen LogP contribution >= 0.6 is 0 Å². The summed E-state index contributed by atoms with van der Waals surface area (Å²) < 4.78 is 27.2. The van der Waals surface area contributed by atoms with Gasteiger partial charge in [0.25, 0.3) is 0 Å². The number of sulfonamides is 1. The number of nitrogens with one attached hydrogen (secondary N) is 1. The maximum atomic E-state index is 12.2. The molecule has 1 fully saturated rings. The predicted octanol–water partition coefficient (Wildman–Crippen LogP) is 1.45. The first kappa shape index (κ1) is 14.5. The summed E-state index contributed by atoms with van der Waals surface area (Å²) >= 11 is 0. The second-order valence-electron chi connectivity index (χ2n) is 5.50. The lowest BCUT2D eigenvalue weighted by atomic mass is 9.95. The molecule has 2 rings (SSSR count). The van der Waals surface area contributed by atoms with Crippen molar-refractivity contribution in [3.63, 3.8) is 0 Å². The third-order valence-electron chi connectivity index (χ3n) is 3.64. The summed E-state index contributed by atoms with van der Waals surface area (Å²) in [6, 6.07) is 9.37. The van der Waals surface area contributed by atoms with E-state index in [9.17, 15) is 8.42 Å². The van der Waals surface area contributed by atoms with Crippen LogP contribution in [-0.4, -0.2) is 39.5 Å². The highest BCUT2D eigenvalue weighted by atomic mass is 32.2. The number of hydrogen-bond donors (Lipinski definition) is 1. The molecule has 5 heteroatoms. The molecule has 1 aliphatic rings. The molecule has 0 spiro atoms. The molecule has 0 aliphatic carbocycles. The standard InChI is InChI=1S/C14H22N2O2S/c1-12-10-16(2)9-8-14(12)15-19(17,18)11-13-6-4-3-5-7-13/h3-7,12,14-15H,8-11H2,1-2H3. The van der Waals surface area contributed by atoms with Crippen molar-refractivity contribution in [1.82, 2.24) is 9.62 Å². The highest BCUT2D eigenvalue weighted by Crippen LogP contribution is 2.17. The van der Waals surface area contributed by atoms with Crippen molar-refractivity contribution in [2.75, 3.05) is 20.1 Å². The van der Waals surface area contributed by atoms with Gasteiger partial charge in [0.2, 0.25) is 10.0 Å². The lowest BCUT2D eigenvalue weighted by Gasteiger charge is -2.34. The molecule has 19 heavy (non-hydrogen) atoms. The van der Waals surface area contributed by atoms with E-state index in [0.29, 0.717) is 5.92 Å². The molecule has 0 aromatic heterocycles. The van der Waals surface area contributed by atoms with Gasteiger partial charge in [0, 0.05) is 12.6 Å². The second-order valence-corrected chi connectivity index (χ2v) is 7.25. The molecule has 1 saturated heterocycles. The van der Waals surface area contributed by atoms with Gasteiger partial charge in [0.1, 0.15) is 0 Å². The molecule has 2 atom stereocenters.